The van der Waals surface area contributed by atoms with E-state index in [0.717, 1.165) is 30.1 Å². The first-order valence-electron chi connectivity index (χ1n) is 14.4. The number of carbonyl (C=O) groups excluding carboxylic acids is 3. The summed E-state index contributed by atoms with van der Waals surface area (Å²) >= 11 is 6.39. The second-order valence-corrected chi connectivity index (χ2v) is 11.2. The van der Waals surface area contributed by atoms with E-state index in [2.05, 4.69) is 26.0 Å². The zero-order valence-corrected chi connectivity index (χ0v) is 26.1. The third kappa shape index (κ3) is 8.57. The molecule has 0 bridgehead atoms. The van der Waals surface area contributed by atoms with E-state index in [1.807, 2.05) is 0 Å². The molecule has 0 spiro atoms. The van der Waals surface area contributed by atoms with E-state index >= 15 is 0 Å². The molecule has 0 aliphatic carbocycles. The molecular formula is C28H31ClF5N9O5. The van der Waals surface area contributed by atoms with Gasteiger partial charge in [0.05, 0.1) is 28.0 Å². The molecule has 2 aliphatic rings. The molecule has 5 rings (SSSR count). The maximum Gasteiger partial charge on any atom is 0.435 e. The average molecular weight is 704 g/mol. The van der Waals surface area contributed by atoms with Gasteiger partial charge in [-0.25, -0.2) is 18.6 Å². The summed E-state index contributed by atoms with van der Waals surface area (Å²) in [5.41, 5.74) is -1.70. The highest BCUT2D eigenvalue weighted by Crippen LogP contribution is 2.36. The fraction of sp³-hybridized carbons (Fsp3) is 0.429. The topological polar surface area (TPSA) is 167 Å². The Labute approximate surface area is 274 Å². The third-order valence-corrected chi connectivity index (χ3v) is 7.85. The normalized spacial score (nSPS) is 15.0. The molecule has 0 atom stereocenters. The van der Waals surface area contributed by atoms with Crippen LogP contribution in [0.2, 0.25) is 5.02 Å². The molecule has 260 valence electrons. The third-order valence-electron chi connectivity index (χ3n) is 7.54. The number of aromatic nitrogens is 4. The van der Waals surface area contributed by atoms with Gasteiger partial charge >= 0.3 is 12.2 Å². The lowest BCUT2D eigenvalue weighted by molar-refractivity contribution is -0.141. The second-order valence-electron chi connectivity index (χ2n) is 10.8. The van der Waals surface area contributed by atoms with Crippen LogP contribution in [0.4, 0.5) is 32.4 Å². The Morgan fingerprint density at radius 1 is 1.15 bits per heavy atom. The van der Waals surface area contributed by atoms with Gasteiger partial charge in [0.15, 0.2) is 11.5 Å². The Morgan fingerprint density at radius 3 is 2.35 bits per heavy atom. The number of hydrogen-bond donors (Lipinski definition) is 4. The summed E-state index contributed by atoms with van der Waals surface area (Å²) < 4.78 is 67.9. The molecule has 0 saturated carbocycles. The van der Waals surface area contributed by atoms with Crippen molar-refractivity contribution in [2.45, 2.75) is 19.1 Å². The lowest BCUT2D eigenvalue weighted by atomic mass is 10.0. The minimum Gasteiger partial charge on any atom is -0.483 e. The lowest BCUT2D eigenvalue weighted by Gasteiger charge is -2.35. The molecule has 3 aromatic rings. The molecule has 2 aliphatic heterocycles. The maximum atomic E-state index is 13.6. The van der Waals surface area contributed by atoms with Crippen LogP contribution in [0.1, 0.15) is 26.7 Å². The highest BCUT2D eigenvalue weighted by Gasteiger charge is 2.39. The smallest absolute Gasteiger partial charge is 0.435 e. The van der Waals surface area contributed by atoms with E-state index in [4.69, 9.17) is 21.5 Å². The molecule has 2 fully saturated rings. The maximum absolute atomic E-state index is 13.6. The van der Waals surface area contributed by atoms with Crippen LogP contribution >= 0.6 is 11.6 Å². The van der Waals surface area contributed by atoms with E-state index in [9.17, 15) is 36.3 Å². The number of nitrogens with one attached hydrogen (secondary N) is 3. The van der Waals surface area contributed by atoms with Crippen molar-refractivity contribution in [2.75, 3.05) is 51.1 Å². The SMILES string of the molecule is Cn1c(-c2cn(CC(F)F)nc2C(F)(F)F)cnc1C(=O)Nc1ccc(C(=O)N2CCN(C(=O)NCC3CNC3)CC2)c(Cl)c1.O=CO. The molecule has 4 N–H and O–H groups in total. The highest BCUT2D eigenvalue weighted by molar-refractivity contribution is 6.34. The van der Waals surface area contributed by atoms with Crippen LogP contribution in [0.3, 0.4) is 0 Å². The van der Waals surface area contributed by atoms with Crippen LogP contribution in [0.25, 0.3) is 11.3 Å². The van der Waals surface area contributed by atoms with Crippen LogP contribution in [-0.4, -0.2) is 111 Å². The predicted octanol–water partition coefficient (Wildman–Crippen LogP) is 2.86. The second kappa shape index (κ2) is 15.4. The number of benzene rings is 1. The van der Waals surface area contributed by atoms with E-state index in [0.29, 0.717) is 43.3 Å². The summed E-state index contributed by atoms with van der Waals surface area (Å²) in [6.07, 6.45) is -6.03. The first kappa shape index (κ1) is 36.1. The Bertz CT molecular complexity index is 1640. The number of rotatable bonds is 8. The average Bonchev–Trinajstić information content (AvgIpc) is 3.59. The predicted molar refractivity (Wildman–Crippen MR) is 161 cm³/mol. The van der Waals surface area contributed by atoms with Crippen molar-refractivity contribution in [1.82, 2.24) is 39.8 Å². The van der Waals surface area contributed by atoms with Crippen LogP contribution < -0.4 is 16.0 Å². The summed E-state index contributed by atoms with van der Waals surface area (Å²) in [4.78, 5) is 54.1. The number of carbonyl (C=O) groups is 4. The Morgan fingerprint density at radius 2 is 1.79 bits per heavy atom. The zero-order chi connectivity index (χ0) is 35.2. The van der Waals surface area contributed by atoms with Gasteiger partial charge in [-0.3, -0.25) is 19.1 Å². The summed E-state index contributed by atoms with van der Waals surface area (Å²) in [6, 6.07) is 4.06. The van der Waals surface area contributed by atoms with Crippen LogP contribution in [-0.2, 0) is 24.6 Å². The number of anilines is 1. The number of carboxylic acid groups (broad SMARTS) is 1. The van der Waals surface area contributed by atoms with E-state index in [-0.39, 0.29) is 46.2 Å². The minimum atomic E-state index is -4.94. The van der Waals surface area contributed by atoms with Gasteiger partial charge in [0.25, 0.3) is 24.7 Å². The number of halogens is 6. The number of amides is 4. The molecule has 14 nitrogen and oxygen atoms in total. The number of alkyl halides is 5. The van der Waals surface area contributed by atoms with Crippen molar-refractivity contribution >= 4 is 41.6 Å². The zero-order valence-electron chi connectivity index (χ0n) is 25.3. The summed E-state index contributed by atoms with van der Waals surface area (Å²) in [6.45, 7) is 2.39. The summed E-state index contributed by atoms with van der Waals surface area (Å²) in [5.74, 6) is -0.991. The highest BCUT2D eigenvalue weighted by atomic mass is 35.5. The van der Waals surface area contributed by atoms with Crippen molar-refractivity contribution in [1.29, 1.82) is 0 Å². The Balaban J connectivity index is 0.00000167. The largest absolute Gasteiger partial charge is 0.483 e. The van der Waals surface area contributed by atoms with Gasteiger partial charge < -0.3 is 35.4 Å². The van der Waals surface area contributed by atoms with Crippen molar-refractivity contribution in [3.63, 3.8) is 0 Å². The number of imidazole rings is 1. The number of hydrogen-bond acceptors (Lipinski definition) is 7. The van der Waals surface area contributed by atoms with Gasteiger partial charge in [0.2, 0.25) is 0 Å². The molecule has 1 aromatic carbocycles. The molecule has 4 amide bonds. The van der Waals surface area contributed by atoms with Crippen molar-refractivity contribution < 1.29 is 46.2 Å². The quantitative estimate of drug-likeness (QED) is 0.205. The lowest BCUT2D eigenvalue weighted by Crippen LogP contribution is -2.55. The molecule has 20 heteroatoms. The molecule has 2 saturated heterocycles. The fourth-order valence-corrected chi connectivity index (χ4v) is 5.26. The molecule has 4 heterocycles. The number of nitrogens with zero attached hydrogens (tertiary/aromatic N) is 6. The fourth-order valence-electron chi connectivity index (χ4n) is 5.00. The van der Waals surface area contributed by atoms with E-state index in [1.54, 1.807) is 9.80 Å². The Kier molecular flexibility index (Phi) is 11.6. The first-order valence-corrected chi connectivity index (χ1v) is 14.8. The summed E-state index contributed by atoms with van der Waals surface area (Å²) in [7, 11) is 1.30. The van der Waals surface area contributed by atoms with E-state index in [1.165, 1.54) is 25.2 Å². The van der Waals surface area contributed by atoms with Crippen LogP contribution in [0.5, 0.6) is 0 Å². The molecule has 0 unspecified atom stereocenters. The van der Waals surface area contributed by atoms with Crippen molar-refractivity contribution in [3.8, 4) is 11.3 Å². The number of piperazine rings is 1. The van der Waals surface area contributed by atoms with Crippen molar-refractivity contribution in [3.05, 3.63) is 52.7 Å². The molecule has 2 aromatic heterocycles. The van der Waals surface area contributed by atoms with E-state index < -0.39 is 36.3 Å². The molecule has 0 radical (unpaired) electrons. The minimum absolute atomic E-state index is 0.0499. The van der Waals surface area contributed by atoms with Crippen LogP contribution in [0.15, 0.2) is 30.6 Å². The van der Waals surface area contributed by atoms with Gasteiger partial charge in [-0.05, 0) is 18.2 Å². The van der Waals surface area contributed by atoms with Crippen molar-refractivity contribution in [2.24, 2.45) is 13.0 Å². The Hall–Kier alpha value is -4.78. The number of urea groups is 1. The van der Waals surface area contributed by atoms with Gasteiger partial charge in [0.1, 0.15) is 6.54 Å². The summed E-state index contributed by atoms with van der Waals surface area (Å²) in [5, 5.41) is 18.8. The first-order chi connectivity index (χ1) is 22.7. The molecular weight excluding hydrogens is 673 g/mol. The van der Waals surface area contributed by atoms with Crippen LogP contribution in [0, 0.1) is 5.92 Å². The van der Waals surface area contributed by atoms with Gasteiger partial charge in [-0.2, -0.15) is 18.3 Å². The standard InChI is InChI=1S/C27H29ClF5N9O3.CH2O2/c1-39-20(18-13-42(14-21(29)30)38-22(18)27(31,32)33)12-35-23(39)24(43)37-16-2-3-17(19(28)8-16)25(44)40-4-6-41(7-5-40)26(45)36-11-15-9-34-10-15;2-1-3/h2-3,8,12-13,15,21,34H,4-7,9-11,14H2,1H3,(H,36,45)(H,37,43);1H,(H,2,3). The van der Waals surface area contributed by atoms with Gasteiger partial charge in [0, 0.05) is 70.7 Å². The molecule has 48 heavy (non-hydrogen) atoms. The monoisotopic (exact) mass is 703 g/mol. The van der Waals surface area contributed by atoms with Gasteiger partial charge in [-0.1, -0.05) is 11.6 Å². The van der Waals surface area contributed by atoms with Gasteiger partial charge in [-0.15, -0.1) is 0 Å².